The maximum Gasteiger partial charge on any atom is 0.0348 e. The zero-order valence-electron chi connectivity index (χ0n) is 14.4. The van der Waals surface area contributed by atoms with E-state index in [1.54, 1.807) is 0 Å². The summed E-state index contributed by atoms with van der Waals surface area (Å²) in [4.78, 5) is 0. The van der Waals surface area contributed by atoms with Gasteiger partial charge in [-0.25, -0.2) is 0 Å². The van der Waals surface area contributed by atoms with E-state index in [0.717, 1.165) is 18.4 Å². The number of hydrogen-bond donors (Lipinski definition) is 1. The van der Waals surface area contributed by atoms with Gasteiger partial charge >= 0.3 is 0 Å². The molecule has 0 radical (unpaired) electrons. The first-order valence-corrected chi connectivity index (χ1v) is 8.96. The fraction of sp³-hybridized carbons (Fsp3) is 0.700. The van der Waals surface area contributed by atoms with Gasteiger partial charge in [0, 0.05) is 6.04 Å². The maximum atomic E-state index is 3.76. The van der Waals surface area contributed by atoms with Gasteiger partial charge in [0.1, 0.15) is 0 Å². The van der Waals surface area contributed by atoms with Gasteiger partial charge in [-0.2, -0.15) is 0 Å². The van der Waals surface area contributed by atoms with E-state index < -0.39 is 0 Å². The Morgan fingerprint density at radius 3 is 2.33 bits per heavy atom. The molecule has 1 unspecified atom stereocenters. The van der Waals surface area contributed by atoms with Crippen molar-refractivity contribution in [2.45, 2.75) is 72.3 Å². The zero-order valence-corrected chi connectivity index (χ0v) is 14.4. The molecular formula is C20H33N. The molecular weight excluding hydrogens is 254 g/mol. The average Bonchev–Trinajstić information content (AvgIpc) is 2.49. The second-order valence-electron chi connectivity index (χ2n) is 6.95. The first kappa shape index (κ1) is 16.5. The Balaban J connectivity index is 2.07. The van der Waals surface area contributed by atoms with Gasteiger partial charge in [-0.1, -0.05) is 57.7 Å². The minimum atomic E-state index is 0.553. The molecule has 0 amide bonds. The SMILES string of the molecule is CCCC1CCC(C(NCC)c2ccc(C)c(C)c2)CC1. The lowest BCUT2D eigenvalue weighted by Crippen LogP contribution is -2.31. The molecule has 1 aromatic rings. The summed E-state index contributed by atoms with van der Waals surface area (Å²) in [5.41, 5.74) is 4.33. The van der Waals surface area contributed by atoms with Crippen LogP contribution in [0.15, 0.2) is 18.2 Å². The van der Waals surface area contributed by atoms with Crippen molar-refractivity contribution in [1.82, 2.24) is 5.32 Å². The van der Waals surface area contributed by atoms with Crippen LogP contribution in [-0.4, -0.2) is 6.54 Å². The monoisotopic (exact) mass is 287 g/mol. The summed E-state index contributed by atoms with van der Waals surface area (Å²) < 4.78 is 0. The summed E-state index contributed by atoms with van der Waals surface area (Å²) in [6.07, 6.45) is 8.45. The van der Waals surface area contributed by atoms with Gasteiger partial charge in [0.05, 0.1) is 0 Å². The minimum Gasteiger partial charge on any atom is -0.310 e. The highest BCUT2D eigenvalue weighted by atomic mass is 14.9. The van der Waals surface area contributed by atoms with Gasteiger partial charge in [0.15, 0.2) is 0 Å². The third kappa shape index (κ3) is 4.32. The Morgan fingerprint density at radius 1 is 1.05 bits per heavy atom. The van der Waals surface area contributed by atoms with E-state index in [9.17, 15) is 0 Å². The lowest BCUT2D eigenvalue weighted by atomic mass is 9.75. The molecule has 1 aromatic carbocycles. The van der Waals surface area contributed by atoms with Crippen molar-refractivity contribution in [2.24, 2.45) is 11.8 Å². The molecule has 1 fully saturated rings. The standard InChI is InChI=1S/C20H33N/c1-5-7-17-9-12-18(13-10-17)20(21-6-2)19-11-8-15(3)16(4)14-19/h8,11,14,17-18,20-21H,5-7,9-10,12-13H2,1-4H3. The van der Waals surface area contributed by atoms with E-state index in [2.05, 4.69) is 51.2 Å². The van der Waals surface area contributed by atoms with Crippen LogP contribution in [0.25, 0.3) is 0 Å². The van der Waals surface area contributed by atoms with E-state index in [1.807, 2.05) is 0 Å². The van der Waals surface area contributed by atoms with Crippen molar-refractivity contribution < 1.29 is 0 Å². The third-order valence-corrected chi connectivity index (χ3v) is 5.37. The molecule has 21 heavy (non-hydrogen) atoms. The molecule has 2 rings (SSSR count). The highest BCUT2D eigenvalue weighted by molar-refractivity contribution is 5.32. The lowest BCUT2D eigenvalue weighted by molar-refractivity contribution is 0.215. The Hall–Kier alpha value is -0.820. The van der Waals surface area contributed by atoms with E-state index in [-0.39, 0.29) is 0 Å². The number of hydrogen-bond acceptors (Lipinski definition) is 1. The molecule has 1 saturated carbocycles. The first-order valence-electron chi connectivity index (χ1n) is 8.96. The fourth-order valence-electron chi connectivity index (χ4n) is 3.95. The van der Waals surface area contributed by atoms with E-state index >= 15 is 0 Å². The van der Waals surface area contributed by atoms with Gasteiger partial charge in [-0.15, -0.1) is 0 Å². The van der Waals surface area contributed by atoms with Crippen LogP contribution in [0.2, 0.25) is 0 Å². The number of aryl methyl sites for hydroxylation is 2. The molecule has 1 atom stereocenters. The van der Waals surface area contributed by atoms with Crippen LogP contribution in [0.1, 0.15) is 75.1 Å². The van der Waals surface area contributed by atoms with Gasteiger partial charge in [0.2, 0.25) is 0 Å². The smallest absolute Gasteiger partial charge is 0.0348 e. The highest BCUT2D eigenvalue weighted by Crippen LogP contribution is 2.38. The third-order valence-electron chi connectivity index (χ3n) is 5.37. The number of nitrogens with one attached hydrogen (secondary N) is 1. The van der Waals surface area contributed by atoms with Gasteiger partial charge in [0.25, 0.3) is 0 Å². The molecule has 0 heterocycles. The van der Waals surface area contributed by atoms with Crippen LogP contribution in [0.3, 0.4) is 0 Å². The van der Waals surface area contributed by atoms with Crippen molar-refractivity contribution in [3.63, 3.8) is 0 Å². The topological polar surface area (TPSA) is 12.0 Å². The molecule has 0 aliphatic heterocycles. The summed E-state index contributed by atoms with van der Waals surface area (Å²) in [6.45, 7) is 10.1. The molecule has 1 N–H and O–H groups in total. The second kappa shape index (κ2) is 7.98. The minimum absolute atomic E-state index is 0.553. The Kier molecular flexibility index (Phi) is 6.29. The molecule has 118 valence electrons. The first-order chi connectivity index (χ1) is 10.2. The second-order valence-corrected chi connectivity index (χ2v) is 6.95. The predicted octanol–water partition coefficient (Wildman–Crippen LogP) is 5.56. The van der Waals surface area contributed by atoms with E-state index in [1.165, 1.54) is 55.2 Å². The quantitative estimate of drug-likeness (QED) is 0.722. The molecule has 0 aromatic heterocycles. The summed E-state index contributed by atoms with van der Waals surface area (Å²) in [7, 11) is 0. The normalized spacial score (nSPS) is 24.0. The predicted molar refractivity (Wildman–Crippen MR) is 92.7 cm³/mol. The largest absolute Gasteiger partial charge is 0.310 e. The number of rotatable bonds is 6. The van der Waals surface area contributed by atoms with Crippen LogP contribution in [-0.2, 0) is 0 Å². The summed E-state index contributed by atoms with van der Waals surface area (Å²) in [5, 5.41) is 3.76. The molecule has 0 bridgehead atoms. The Bertz CT molecular complexity index is 429. The maximum absolute atomic E-state index is 3.76. The van der Waals surface area contributed by atoms with Crippen molar-refractivity contribution in [2.75, 3.05) is 6.54 Å². The van der Waals surface area contributed by atoms with Crippen molar-refractivity contribution >= 4 is 0 Å². The van der Waals surface area contributed by atoms with E-state index in [4.69, 9.17) is 0 Å². The summed E-state index contributed by atoms with van der Waals surface area (Å²) in [5.74, 6) is 1.81. The molecule has 1 nitrogen and oxygen atoms in total. The summed E-state index contributed by atoms with van der Waals surface area (Å²) in [6, 6.07) is 7.59. The van der Waals surface area contributed by atoms with Crippen LogP contribution < -0.4 is 5.32 Å². The Morgan fingerprint density at radius 2 is 1.76 bits per heavy atom. The molecule has 0 saturated heterocycles. The van der Waals surface area contributed by atoms with Crippen LogP contribution in [0, 0.1) is 25.7 Å². The number of benzene rings is 1. The van der Waals surface area contributed by atoms with E-state index in [0.29, 0.717) is 6.04 Å². The molecule has 1 aliphatic rings. The molecule has 1 heteroatoms. The average molecular weight is 287 g/mol. The van der Waals surface area contributed by atoms with Crippen molar-refractivity contribution in [1.29, 1.82) is 0 Å². The zero-order chi connectivity index (χ0) is 15.2. The van der Waals surface area contributed by atoms with Gasteiger partial charge in [-0.05, 0) is 61.8 Å². The van der Waals surface area contributed by atoms with Crippen LogP contribution >= 0.6 is 0 Å². The lowest BCUT2D eigenvalue weighted by Gasteiger charge is -2.35. The van der Waals surface area contributed by atoms with Crippen molar-refractivity contribution in [3.8, 4) is 0 Å². The van der Waals surface area contributed by atoms with Gasteiger partial charge in [-0.3, -0.25) is 0 Å². The summed E-state index contributed by atoms with van der Waals surface area (Å²) >= 11 is 0. The van der Waals surface area contributed by atoms with Crippen LogP contribution in [0.5, 0.6) is 0 Å². The van der Waals surface area contributed by atoms with Crippen molar-refractivity contribution in [3.05, 3.63) is 34.9 Å². The Labute approximate surface area is 131 Å². The fourth-order valence-corrected chi connectivity index (χ4v) is 3.95. The molecule has 1 aliphatic carbocycles. The highest BCUT2D eigenvalue weighted by Gasteiger charge is 2.27. The van der Waals surface area contributed by atoms with Crippen LogP contribution in [0.4, 0.5) is 0 Å². The molecule has 0 spiro atoms. The van der Waals surface area contributed by atoms with Gasteiger partial charge < -0.3 is 5.32 Å².